The Labute approximate surface area is 122 Å². The first-order chi connectivity index (χ1) is 9.50. The number of likely N-dealkylation sites (N-methyl/N-ethyl adjacent to an activating group) is 1. The second kappa shape index (κ2) is 11.6. The third kappa shape index (κ3) is 8.77. The first-order valence-corrected chi connectivity index (χ1v) is 7.74. The van der Waals surface area contributed by atoms with E-state index in [1.807, 2.05) is 0 Å². The molecule has 0 bridgehead atoms. The van der Waals surface area contributed by atoms with E-state index in [9.17, 15) is 9.59 Å². The fourth-order valence-corrected chi connectivity index (χ4v) is 1.92. The summed E-state index contributed by atoms with van der Waals surface area (Å²) in [6.07, 6.45) is 9.77. The van der Waals surface area contributed by atoms with Gasteiger partial charge in [-0.15, -0.1) is 0 Å². The van der Waals surface area contributed by atoms with Crippen LogP contribution in [0.3, 0.4) is 0 Å². The van der Waals surface area contributed by atoms with Crippen LogP contribution in [0.25, 0.3) is 0 Å². The van der Waals surface area contributed by atoms with Crippen LogP contribution in [0.5, 0.6) is 0 Å². The van der Waals surface area contributed by atoms with Crippen molar-refractivity contribution < 1.29 is 14.7 Å². The number of carbonyl (C=O) groups excluding carboxylic acids is 1. The minimum atomic E-state index is -0.991. The molecule has 0 saturated carbocycles. The maximum atomic E-state index is 11.6. The molecule has 0 saturated heterocycles. The zero-order valence-electron chi connectivity index (χ0n) is 13.2. The van der Waals surface area contributed by atoms with E-state index in [0.717, 1.165) is 12.8 Å². The molecular weight excluding hydrogens is 256 g/mol. The Morgan fingerprint density at radius 2 is 1.55 bits per heavy atom. The normalized spacial score (nSPS) is 11.9. The average Bonchev–Trinajstić information content (AvgIpc) is 2.43. The van der Waals surface area contributed by atoms with Crippen LogP contribution >= 0.6 is 0 Å². The molecule has 1 atom stereocenters. The summed E-state index contributed by atoms with van der Waals surface area (Å²) in [5.41, 5.74) is 0. The maximum Gasteiger partial charge on any atom is 0.326 e. The molecule has 0 fully saturated rings. The highest BCUT2D eigenvalue weighted by molar-refractivity contribution is 5.82. The molecular formula is C15H30N2O3. The van der Waals surface area contributed by atoms with Crippen LogP contribution < -0.4 is 5.32 Å². The summed E-state index contributed by atoms with van der Waals surface area (Å²) in [7, 11) is 1.50. The maximum absolute atomic E-state index is 11.6. The van der Waals surface area contributed by atoms with E-state index in [1.54, 1.807) is 0 Å². The number of hydrogen-bond donors (Lipinski definition) is 2. The van der Waals surface area contributed by atoms with Gasteiger partial charge in [0.15, 0.2) is 0 Å². The summed E-state index contributed by atoms with van der Waals surface area (Å²) in [5.74, 6) is -0.991. The van der Waals surface area contributed by atoms with Gasteiger partial charge in [0, 0.05) is 13.6 Å². The van der Waals surface area contributed by atoms with Gasteiger partial charge in [-0.1, -0.05) is 51.9 Å². The van der Waals surface area contributed by atoms with Gasteiger partial charge in [0.1, 0.15) is 6.04 Å². The van der Waals surface area contributed by atoms with Gasteiger partial charge < -0.3 is 15.3 Å². The minimum Gasteiger partial charge on any atom is -0.480 e. The largest absolute Gasteiger partial charge is 0.480 e. The first kappa shape index (κ1) is 18.7. The van der Waals surface area contributed by atoms with E-state index in [4.69, 9.17) is 5.11 Å². The van der Waals surface area contributed by atoms with E-state index < -0.39 is 12.0 Å². The summed E-state index contributed by atoms with van der Waals surface area (Å²) in [6, 6.07) is -1.11. The van der Waals surface area contributed by atoms with Crippen LogP contribution in [0.4, 0.5) is 4.79 Å². The van der Waals surface area contributed by atoms with Crippen molar-refractivity contribution in [2.24, 2.45) is 0 Å². The molecule has 5 heteroatoms. The van der Waals surface area contributed by atoms with Gasteiger partial charge in [-0.3, -0.25) is 0 Å². The van der Waals surface area contributed by atoms with Gasteiger partial charge in [-0.05, 0) is 13.3 Å². The Morgan fingerprint density at radius 1 is 1.05 bits per heavy atom. The van der Waals surface area contributed by atoms with Crippen molar-refractivity contribution in [1.82, 2.24) is 10.2 Å². The smallest absolute Gasteiger partial charge is 0.326 e. The van der Waals surface area contributed by atoms with Crippen LogP contribution in [-0.4, -0.2) is 41.6 Å². The monoisotopic (exact) mass is 286 g/mol. The van der Waals surface area contributed by atoms with Crippen molar-refractivity contribution >= 4 is 12.0 Å². The molecule has 2 N–H and O–H groups in total. The van der Waals surface area contributed by atoms with E-state index in [2.05, 4.69) is 12.2 Å². The van der Waals surface area contributed by atoms with Crippen molar-refractivity contribution in [3.63, 3.8) is 0 Å². The molecule has 0 spiro atoms. The number of carboxylic acids is 1. The van der Waals surface area contributed by atoms with Crippen molar-refractivity contribution in [2.45, 2.75) is 71.3 Å². The van der Waals surface area contributed by atoms with E-state index >= 15 is 0 Å². The number of urea groups is 1. The van der Waals surface area contributed by atoms with E-state index in [0.29, 0.717) is 6.54 Å². The molecule has 0 aliphatic heterocycles. The van der Waals surface area contributed by atoms with Gasteiger partial charge >= 0.3 is 12.0 Å². The van der Waals surface area contributed by atoms with E-state index in [-0.39, 0.29) is 6.03 Å². The number of rotatable bonds is 11. The molecule has 0 aliphatic carbocycles. The SMILES string of the molecule is CCCCCCCCCCNC(=O)N(C)C(C)C(=O)O. The lowest BCUT2D eigenvalue weighted by atomic mass is 10.1. The lowest BCUT2D eigenvalue weighted by Crippen LogP contribution is -2.45. The highest BCUT2D eigenvalue weighted by Crippen LogP contribution is 2.08. The summed E-state index contributed by atoms with van der Waals surface area (Å²) < 4.78 is 0. The van der Waals surface area contributed by atoms with Crippen LogP contribution in [-0.2, 0) is 4.79 Å². The van der Waals surface area contributed by atoms with E-state index in [1.165, 1.54) is 57.4 Å². The molecule has 0 aromatic carbocycles. The summed E-state index contributed by atoms with van der Waals surface area (Å²) >= 11 is 0. The molecule has 0 heterocycles. The zero-order valence-corrected chi connectivity index (χ0v) is 13.2. The van der Waals surface area contributed by atoms with Crippen LogP contribution in [0.1, 0.15) is 65.2 Å². The van der Waals surface area contributed by atoms with Gasteiger partial charge in [-0.2, -0.15) is 0 Å². The first-order valence-electron chi connectivity index (χ1n) is 7.74. The molecule has 1 unspecified atom stereocenters. The minimum absolute atomic E-state index is 0.317. The zero-order chi connectivity index (χ0) is 15.4. The van der Waals surface area contributed by atoms with Gasteiger partial charge in [0.2, 0.25) is 0 Å². The van der Waals surface area contributed by atoms with Gasteiger partial charge in [0.25, 0.3) is 0 Å². The van der Waals surface area contributed by atoms with Crippen molar-refractivity contribution in [3.05, 3.63) is 0 Å². The van der Waals surface area contributed by atoms with Gasteiger partial charge in [-0.25, -0.2) is 9.59 Å². The molecule has 0 radical (unpaired) electrons. The van der Waals surface area contributed by atoms with Crippen LogP contribution in [0.2, 0.25) is 0 Å². The number of nitrogens with one attached hydrogen (secondary N) is 1. The summed E-state index contributed by atoms with van der Waals surface area (Å²) in [5, 5.41) is 11.6. The Balaban J connectivity index is 3.50. The summed E-state index contributed by atoms with van der Waals surface area (Å²) in [4.78, 5) is 23.6. The lowest BCUT2D eigenvalue weighted by molar-refractivity contribution is -0.141. The third-order valence-electron chi connectivity index (χ3n) is 3.57. The highest BCUT2D eigenvalue weighted by atomic mass is 16.4. The predicted molar refractivity (Wildman–Crippen MR) is 80.9 cm³/mol. The standard InChI is InChI=1S/C15H30N2O3/c1-4-5-6-7-8-9-10-11-12-16-15(20)17(3)13(2)14(18)19/h13H,4-12H2,1-3H3,(H,16,20)(H,18,19). The number of unbranched alkanes of at least 4 members (excludes halogenated alkanes) is 7. The molecule has 0 aromatic rings. The number of nitrogens with zero attached hydrogens (tertiary/aromatic N) is 1. The number of aliphatic carboxylic acids is 1. The molecule has 5 nitrogen and oxygen atoms in total. The molecule has 0 rings (SSSR count). The molecule has 20 heavy (non-hydrogen) atoms. The second-order valence-electron chi connectivity index (χ2n) is 5.33. The third-order valence-corrected chi connectivity index (χ3v) is 3.57. The second-order valence-corrected chi connectivity index (χ2v) is 5.33. The van der Waals surface area contributed by atoms with Crippen LogP contribution in [0, 0.1) is 0 Å². The predicted octanol–water partition coefficient (Wildman–Crippen LogP) is 3.24. The average molecular weight is 286 g/mol. The molecule has 0 aliphatic rings. The molecule has 2 amide bonds. The molecule has 0 aromatic heterocycles. The Morgan fingerprint density at radius 3 is 2.05 bits per heavy atom. The fourth-order valence-electron chi connectivity index (χ4n) is 1.92. The Hall–Kier alpha value is -1.26. The van der Waals surface area contributed by atoms with Crippen LogP contribution in [0.15, 0.2) is 0 Å². The van der Waals surface area contributed by atoms with Gasteiger partial charge in [0.05, 0.1) is 0 Å². The Kier molecular flexibility index (Phi) is 10.8. The fraction of sp³-hybridized carbons (Fsp3) is 0.867. The quantitative estimate of drug-likeness (QED) is 0.573. The Bertz CT molecular complexity index is 282. The van der Waals surface area contributed by atoms with Crippen molar-refractivity contribution in [2.75, 3.05) is 13.6 Å². The lowest BCUT2D eigenvalue weighted by Gasteiger charge is -2.21. The highest BCUT2D eigenvalue weighted by Gasteiger charge is 2.20. The number of amides is 2. The molecule has 118 valence electrons. The van der Waals surface area contributed by atoms with Crippen molar-refractivity contribution in [3.8, 4) is 0 Å². The summed E-state index contributed by atoms with van der Waals surface area (Å²) in [6.45, 7) is 4.33. The van der Waals surface area contributed by atoms with Crippen molar-refractivity contribution in [1.29, 1.82) is 0 Å². The number of carbonyl (C=O) groups is 2. The number of carboxylic acid groups (broad SMARTS) is 1. The topological polar surface area (TPSA) is 69.6 Å². The number of hydrogen-bond acceptors (Lipinski definition) is 2.